The Morgan fingerprint density at radius 1 is 1.23 bits per heavy atom. The van der Waals surface area contributed by atoms with E-state index >= 15 is 0 Å². The van der Waals surface area contributed by atoms with Gasteiger partial charge in [-0.1, -0.05) is 26.0 Å². The first kappa shape index (κ1) is 20.3. The van der Waals surface area contributed by atoms with Crippen molar-refractivity contribution in [3.05, 3.63) is 39.9 Å². The van der Waals surface area contributed by atoms with Gasteiger partial charge in [-0.15, -0.1) is 0 Å². The molecule has 7 nitrogen and oxygen atoms in total. The van der Waals surface area contributed by atoms with Crippen molar-refractivity contribution in [3.63, 3.8) is 0 Å². The molecule has 26 heavy (non-hydrogen) atoms. The van der Waals surface area contributed by atoms with Crippen molar-refractivity contribution in [2.45, 2.75) is 39.8 Å². The van der Waals surface area contributed by atoms with Crippen molar-refractivity contribution in [3.8, 4) is 0 Å². The quantitative estimate of drug-likeness (QED) is 0.524. The van der Waals surface area contributed by atoms with Crippen molar-refractivity contribution in [2.75, 3.05) is 32.8 Å². The van der Waals surface area contributed by atoms with Gasteiger partial charge in [-0.2, -0.15) is 0 Å². The van der Waals surface area contributed by atoms with Gasteiger partial charge in [0.1, 0.15) is 6.10 Å². The van der Waals surface area contributed by atoms with Gasteiger partial charge in [0.25, 0.3) is 11.6 Å². The fourth-order valence-corrected chi connectivity index (χ4v) is 2.96. The standard InChI is InChI=1S/C19H29N3O4/c1-15(2)7-12-26-16(3)19(23)21-10-8-20(9-11-21)14-17-5-4-6-18(13-17)22(24)25/h4-6,13,15-16H,7-12,14H2,1-3H3. The summed E-state index contributed by atoms with van der Waals surface area (Å²) in [5.41, 5.74) is 1.04. The number of hydrogen-bond donors (Lipinski definition) is 0. The molecule has 1 aliphatic heterocycles. The Kier molecular flexibility index (Phi) is 7.53. The molecule has 1 heterocycles. The normalized spacial score (nSPS) is 16.7. The van der Waals surface area contributed by atoms with Crippen LogP contribution in [-0.4, -0.2) is 59.5 Å². The Balaban J connectivity index is 1.78. The summed E-state index contributed by atoms with van der Waals surface area (Å²) in [7, 11) is 0. The smallest absolute Gasteiger partial charge is 0.269 e. The molecule has 1 amide bonds. The van der Waals surface area contributed by atoms with Gasteiger partial charge in [-0.05, 0) is 24.8 Å². The summed E-state index contributed by atoms with van der Waals surface area (Å²) in [6, 6.07) is 6.72. The topological polar surface area (TPSA) is 75.9 Å². The number of carbonyl (C=O) groups is 1. The molecule has 1 aromatic rings. The van der Waals surface area contributed by atoms with E-state index < -0.39 is 6.10 Å². The van der Waals surface area contributed by atoms with Gasteiger partial charge in [0.15, 0.2) is 0 Å². The van der Waals surface area contributed by atoms with Crippen LogP contribution < -0.4 is 0 Å². The van der Waals surface area contributed by atoms with Gasteiger partial charge in [-0.3, -0.25) is 19.8 Å². The summed E-state index contributed by atoms with van der Waals surface area (Å²) in [6.45, 7) is 10.2. The van der Waals surface area contributed by atoms with Crippen LogP contribution in [0.2, 0.25) is 0 Å². The third-order valence-corrected chi connectivity index (χ3v) is 4.62. The van der Waals surface area contributed by atoms with Gasteiger partial charge in [0, 0.05) is 51.5 Å². The molecular formula is C19H29N3O4. The zero-order valence-electron chi connectivity index (χ0n) is 15.9. The summed E-state index contributed by atoms with van der Waals surface area (Å²) in [4.78, 5) is 27.0. The highest BCUT2D eigenvalue weighted by Crippen LogP contribution is 2.16. The van der Waals surface area contributed by atoms with Gasteiger partial charge in [0.2, 0.25) is 0 Å². The SMILES string of the molecule is CC(C)CCOC(C)C(=O)N1CCN(Cc2cccc([N+](=O)[O-])c2)CC1. The molecule has 0 radical (unpaired) electrons. The first-order valence-electron chi connectivity index (χ1n) is 9.23. The number of carbonyl (C=O) groups excluding carboxylic acids is 1. The maximum atomic E-state index is 12.5. The number of nitro groups is 1. The second kappa shape index (κ2) is 9.64. The van der Waals surface area contributed by atoms with E-state index in [1.54, 1.807) is 12.1 Å². The van der Waals surface area contributed by atoms with Crippen molar-refractivity contribution in [2.24, 2.45) is 5.92 Å². The molecule has 0 saturated carbocycles. The molecule has 0 N–H and O–H groups in total. The van der Waals surface area contributed by atoms with E-state index in [-0.39, 0.29) is 16.5 Å². The molecule has 0 aromatic heterocycles. The van der Waals surface area contributed by atoms with Crippen molar-refractivity contribution < 1.29 is 14.5 Å². The zero-order valence-corrected chi connectivity index (χ0v) is 15.9. The average Bonchev–Trinajstić information content (AvgIpc) is 2.61. The Labute approximate surface area is 155 Å². The molecule has 0 aliphatic carbocycles. The fraction of sp³-hybridized carbons (Fsp3) is 0.632. The lowest BCUT2D eigenvalue weighted by molar-refractivity contribution is -0.384. The number of piperazine rings is 1. The van der Waals surface area contributed by atoms with Gasteiger partial charge in [-0.25, -0.2) is 0 Å². The molecule has 0 spiro atoms. The summed E-state index contributed by atoms with van der Waals surface area (Å²) in [6.07, 6.45) is 0.547. The summed E-state index contributed by atoms with van der Waals surface area (Å²) in [5, 5.41) is 10.9. The minimum absolute atomic E-state index is 0.0451. The lowest BCUT2D eigenvalue weighted by Crippen LogP contribution is -2.51. The average molecular weight is 363 g/mol. The van der Waals surface area contributed by atoms with Gasteiger partial charge in [0.05, 0.1) is 4.92 Å². The van der Waals surface area contributed by atoms with E-state index in [1.807, 2.05) is 17.9 Å². The van der Waals surface area contributed by atoms with E-state index in [4.69, 9.17) is 4.74 Å². The van der Waals surface area contributed by atoms with Gasteiger partial charge >= 0.3 is 0 Å². The Hall–Kier alpha value is -1.99. The van der Waals surface area contributed by atoms with Crippen LogP contribution in [0.15, 0.2) is 24.3 Å². The Bertz CT molecular complexity index is 613. The van der Waals surface area contributed by atoms with Crippen molar-refractivity contribution in [1.29, 1.82) is 0 Å². The van der Waals surface area contributed by atoms with Crippen LogP contribution in [0.4, 0.5) is 5.69 Å². The van der Waals surface area contributed by atoms with E-state index in [2.05, 4.69) is 18.7 Å². The zero-order chi connectivity index (χ0) is 19.1. The van der Waals surface area contributed by atoms with E-state index in [0.29, 0.717) is 32.2 Å². The van der Waals surface area contributed by atoms with Crippen LogP contribution in [0.3, 0.4) is 0 Å². The number of nitrogens with zero attached hydrogens (tertiary/aromatic N) is 3. The monoisotopic (exact) mass is 363 g/mol. The van der Waals surface area contributed by atoms with Crippen LogP contribution in [-0.2, 0) is 16.1 Å². The number of benzene rings is 1. The summed E-state index contributed by atoms with van der Waals surface area (Å²) in [5.74, 6) is 0.610. The first-order chi connectivity index (χ1) is 12.4. The number of nitro benzene ring substituents is 1. The minimum atomic E-state index is -0.405. The number of rotatable bonds is 8. The van der Waals surface area contributed by atoms with E-state index in [1.165, 1.54) is 6.07 Å². The number of ether oxygens (including phenoxy) is 1. The Morgan fingerprint density at radius 3 is 2.54 bits per heavy atom. The predicted molar refractivity (Wildman–Crippen MR) is 99.8 cm³/mol. The number of hydrogen-bond acceptors (Lipinski definition) is 5. The summed E-state index contributed by atoms with van der Waals surface area (Å²) >= 11 is 0. The van der Waals surface area contributed by atoms with Crippen molar-refractivity contribution in [1.82, 2.24) is 9.80 Å². The second-order valence-electron chi connectivity index (χ2n) is 7.22. The molecule has 1 atom stereocenters. The van der Waals surface area contributed by atoms with E-state index in [9.17, 15) is 14.9 Å². The largest absolute Gasteiger partial charge is 0.369 e. The fourth-order valence-electron chi connectivity index (χ4n) is 2.96. The molecule has 1 fully saturated rings. The number of non-ortho nitro benzene ring substituents is 1. The third kappa shape index (κ3) is 6.07. The van der Waals surface area contributed by atoms with Crippen LogP contribution in [0.5, 0.6) is 0 Å². The molecule has 1 aliphatic rings. The highest BCUT2D eigenvalue weighted by molar-refractivity contribution is 5.80. The highest BCUT2D eigenvalue weighted by Gasteiger charge is 2.25. The molecule has 7 heteroatoms. The first-order valence-corrected chi connectivity index (χ1v) is 9.23. The van der Waals surface area contributed by atoms with Crippen LogP contribution in [0.1, 0.15) is 32.8 Å². The minimum Gasteiger partial charge on any atom is -0.369 e. The lowest BCUT2D eigenvalue weighted by atomic mass is 10.1. The second-order valence-corrected chi connectivity index (χ2v) is 7.22. The van der Waals surface area contributed by atoms with Crippen LogP contribution in [0.25, 0.3) is 0 Å². The maximum Gasteiger partial charge on any atom is 0.269 e. The maximum absolute atomic E-state index is 12.5. The van der Waals surface area contributed by atoms with Gasteiger partial charge < -0.3 is 9.64 Å². The Morgan fingerprint density at radius 2 is 1.92 bits per heavy atom. The summed E-state index contributed by atoms with van der Waals surface area (Å²) < 4.78 is 5.66. The molecule has 144 valence electrons. The lowest BCUT2D eigenvalue weighted by Gasteiger charge is -2.35. The highest BCUT2D eigenvalue weighted by atomic mass is 16.6. The predicted octanol–water partition coefficient (Wildman–Crippen LogP) is 2.69. The van der Waals surface area contributed by atoms with Crippen LogP contribution >= 0.6 is 0 Å². The molecule has 1 unspecified atom stereocenters. The molecular weight excluding hydrogens is 334 g/mol. The number of amides is 1. The molecule has 1 aromatic carbocycles. The molecule has 0 bridgehead atoms. The van der Waals surface area contributed by atoms with Crippen molar-refractivity contribution >= 4 is 11.6 Å². The van der Waals surface area contributed by atoms with E-state index in [0.717, 1.165) is 25.1 Å². The molecule has 2 rings (SSSR count). The third-order valence-electron chi connectivity index (χ3n) is 4.62. The molecule has 1 saturated heterocycles. The van der Waals surface area contributed by atoms with Crippen LogP contribution in [0, 0.1) is 16.0 Å².